The molecule has 3 nitrogen and oxygen atoms in total. The maximum absolute atomic E-state index is 5.44. The molecule has 0 spiro atoms. The van der Waals surface area contributed by atoms with E-state index >= 15 is 0 Å². The van der Waals surface area contributed by atoms with Crippen LogP contribution in [0.15, 0.2) is 12.2 Å². The number of nitrogens with two attached hydrogens (primary N) is 1. The quantitative estimate of drug-likeness (QED) is 0.666. The second-order valence-electron chi connectivity index (χ2n) is 4.01. The summed E-state index contributed by atoms with van der Waals surface area (Å²) < 4.78 is 5.44. The third kappa shape index (κ3) is 4.74. The molecule has 0 aromatic carbocycles. The van der Waals surface area contributed by atoms with Gasteiger partial charge in [0.25, 0.3) is 0 Å². The van der Waals surface area contributed by atoms with Crippen molar-refractivity contribution in [1.82, 2.24) is 4.90 Å². The number of ether oxygens (including phenoxy) is 1. The predicted octanol–water partition coefficient (Wildman–Crippen LogP) is 0.860. The van der Waals surface area contributed by atoms with E-state index < -0.39 is 0 Å². The van der Waals surface area contributed by atoms with Crippen molar-refractivity contribution in [3.05, 3.63) is 12.2 Å². The van der Waals surface area contributed by atoms with Crippen molar-refractivity contribution in [2.24, 2.45) is 11.7 Å². The summed E-state index contributed by atoms with van der Waals surface area (Å²) in [7, 11) is 2.15. The SMILES string of the molecule is CN(CC=CCN)CC1CCCOC1. The molecule has 0 bridgehead atoms. The fourth-order valence-corrected chi connectivity index (χ4v) is 1.82. The van der Waals surface area contributed by atoms with Gasteiger partial charge in [-0.05, 0) is 25.8 Å². The minimum atomic E-state index is 0.639. The molecule has 82 valence electrons. The van der Waals surface area contributed by atoms with E-state index in [0.717, 1.165) is 32.2 Å². The van der Waals surface area contributed by atoms with Crippen LogP contribution in [0.3, 0.4) is 0 Å². The van der Waals surface area contributed by atoms with Crippen molar-refractivity contribution in [2.45, 2.75) is 12.8 Å². The molecule has 14 heavy (non-hydrogen) atoms. The molecule has 0 saturated carbocycles. The smallest absolute Gasteiger partial charge is 0.0506 e. The van der Waals surface area contributed by atoms with Crippen molar-refractivity contribution in [2.75, 3.05) is 39.9 Å². The van der Waals surface area contributed by atoms with Crippen molar-refractivity contribution in [3.8, 4) is 0 Å². The number of rotatable bonds is 5. The average molecular weight is 198 g/mol. The highest BCUT2D eigenvalue weighted by atomic mass is 16.5. The van der Waals surface area contributed by atoms with Crippen LogP contribution in [0.4, 0.5) is 0 Å². The summed E-state index contributed by atoms with van der Waals surface area (Å²) in [6.45, 7) is 4.65. The van der Waals surface area contributed by atoms with Gasteiger partial charge in [0.15, 0.2) is 0 Å². The van der Waals surface area contributed by atoms with E-state index in [-0.39, 0.29) is 0 Å². The molecule has 1 aliphatic rings. The van der Waals surface area contributed by atoms with Gasteiger partial charge >= 0.3 is 0 Å². The number of nitrogens with zero attached hydrogens (tertiary/aromatic N) is 1. The molecule has 1 heterocycles. The Bertz CT molecular complexity index is 165. The fraction of sp³-hybridized carbons (Fsp3) is 0.818. The highest BCUT2D eigenvalue weighted by Gasteiger charge is 2.14. The van der Waals surface area contributed by atoms with Gasteiger partial charge in [-0.3, -0.25) is 0 Å². The van der Waals surface area contributed by atoms with Gasteiger partial charge in [-0.2, -0.15) is 0 Å². The lowest BCUT2D eigenvalue weighted by molar-refractivity contribution is 0.0434. The fourth-order valence-electron chi connectivity index (χ4n) is 1.82. The van der Waals surface area contributed by atoms with E-state index in [0.29, 0.717) is 6.54 Å². The Kier molecular flexibility index (Phi) is 5.83. The highest BCUT2D eigenvalue weighted by Crippen LogP contribution is 2.14. The van der Waals surface area contributed by atoms with E-state index in [9.17, 15) is 0 Å². The minimum absolute atomic E-state index is 0.639. The molecule has 2 N–H and O–H groups in total. The normalized spacial score (nSPS) is 23.5. The molecule has 1 saturated heterocycles. The number of hydrogen-bond donors (Lipinski definition) is 1. The molecule has 3 heteroatoms. The molecule has 0 aliphatic carbocycles. The largest absolute Gasteiger partial charge is 0.381 e. The van der Waals surface area contributed by atoms with Gasteiger partial charge in [-0.25, -0.2) is 0 Å². The first-order chi connectivity index (χ1) is 6.83. The van der Waals surface area contributed by atoms with Crippen molar-refractivity contribution < 1.29 is 4.74 Å². The van der Waals surface area contributed by atoms with Crippen LogP contribution in [0, 0.1) is 5.92 Å². The van der Waals surface area contributed by atoms with E-state index in [2.05, 4.69) is 18.0 Å². The zero-order valence-electron chi connectivity index (χ0n) is 9.11. The molecule has 0 amide bonds. The lowest BCUT2D eigenvalue weighted by Gasteiger charge is -2.26. The van der Waals surface area contributed by atoms with Gasteiger partial charge in [0.1, 0.15) is 0 Å². The van der Waals surface area contributed by atoms with Crippen molar-refractivity contribution in [3.63, 3.8) is 0 Å². The van der Waals surface area contributed by atoms with Gasteiger partial charge in [-0.1, -0.05) is 12.2 Å². The summed E-state index contributed by atoms with van der Waals surface area (Å²) in [5.74, 6) is 0.722. The van der Waals surface area contributed by atoms with E-state index in [1.165, 1.54) is 12.8 Å². The van der Waals surface area contributed by atoms with Crippen molar-refractivity contribution in [1.29, 1.82) is 0 Å². The third-order valence-corrected chi connectivity index (χ3v) is 2.54. The zero-order chi connectivity index (χ0) is 10.2. The summed E-state index contributed by atoms with van der Waals surface area (Å²) in [6.07, 6.45) is 6.67. The Morgan fingerprint density at radius 1 is 1.50 bits per heavy atom. The van der Waals surface area contributed by atoms with Crippen LogP contribution in [0.25, 0.3) is 0 Å². The number of likely N-dealkylation sites (N-methyl/N-ethyl adjacent to an activating group) is 1. The minimum Gasteiger partial charge on any atom is -0.381 e. The summed E-state index contributed by atoms with van der Waals surface area (Å²) in [5.41, 5.74) is 5.37. The maximum atomic E-state index is 5.44. The monoisotopic (exact) mass is 198 g/mol. The molecule has 1 atom stereocenters. The Labute approximate surface area is 86.9 Å². The Morgan fingerprint density at radius 2 is 2.36 bits per heavy atom. The van der Waals surface area contributed by atoms with Crippen LogP contribution in [0.2, 0.25) is 0 Å². The first-order valence-corrected chi connectivity index (χ1v) is 5.44. The Morgan fingerprint density at radius 3 is 3.00 bits per heavy atom. The van der Waals surface area contributed by atoms with Crippen LogP contribution >= 0.6 is 0 Å². The van der Waals surface area contributed by atoms with E-state index in [4.69, 9.17) is 10.5 Å². The zero-order valence-corrected chi connectivity index (χ0v) is 9.11. The lowest BCUT2D eigenvalue weighted by atomic mass is 10.0. The van der Waals surface area contributed by atoms with Gasteiger partial charge in [0, 0.05) is 26.2 Å². The summed E-state index contributed by atoms with van der Waals surface area (Å²) >= 11 is 0. The van der Waals surface area contributed by atoms with Gasteiger partial charge in [-0.15, -0.1) is 0 Å². The second kappa shape index (κ2) is 6.98. The number of hydrogen-bond acceptors (Lipinski definition) is 3. The first kappa shape index (κ1) is 11.7. The van der Waals surface area contributed by atoms with Crippen LogP contribution in [-0.2, 0) is 4.74 Å². The molecular weight excluding hydrogens is 176 g/mol. The topological polar surface area (TPSA) is 38.5 Å². The van der Waals surface area contributed by atoms with Crippen LogP contribution in [-0.4, -0.2) is 44.8 Å². The standard InChI is InChI=1S/C11H22N2O/c1-13(7-3-2-6-12)9-11-5-4-8-14-10-11/h2-3,11H,4-10,12H2,1H3. The maximum Gasteiger partial charge on any atom is 0.0506 e. The third-order valence-electron chi connectivity index (χ3n) is 2.54. The van der Waals surface area contributed by atoms with Gasteiger partial charge in [0.05, 0.1) is 6.61 Å². The van der Waals surface area contributed by atoms with Gasteiger partial charge < -0.3 is 15.4 Å². The molecule has 1 aliphatic heterocycles. The lowest BCUT2D eigenvalue weighted by Crippen LogP contribution is -2.31. The molecule has 1 unspecified atom stereocenters. The van der Waals surface area contributed by atoms with Crippen LogP contribution in [0.5, 0.6) is 0 Å². The summed E-state index contributed by atoms with van der Waals surface area (Å²) in [5, 5.41) is 0. The Balaban J connectivity index is 2.11. The summed E-state index contributed by atoms with van der Waals surface area (Å²) in [4.78, 5) is 2.32. The molecule has 1 rings (SSSR count). The summed E-state index contributed by atoms with van der Waals surface area (Å²) in [6, 6.07) is 0. The van der Waals surface area contributed by atoms with Gasteiger partial charge in [0.2, 0.25) is 0 Å². The molecule has 0 aromatic rings. The van der Waals surface area contributed by atoms with E-state index in [1.54, 1.807) is 0 Å². The molecule has 1 fully saturated rings. The second-order valence-corrected chi connectivity index (χ2v) is 4.01. The van der Waals surface area contributed by atoms with E-state index in [1.807, 2.05) is 6.08 Å². The average Bonchev–Trinajstić information content (AvgIpc) is 2.20. The molecule has 0 aromatic heterocycles. The Hall–Kier alpha value is -0.380. The van der Waals surface area contributed by atoms with Crippen LogP contribution in [0.1, 0.15) is 12.8 Å². The van der Waals surface area contributed by atoms with Crippen LogP contribution < -0.4 is 5.73 Å². The highest BCUT2D eigenvalue weighted by molar-refractivity contribution is 4.85. The molecule has 0 radical (unpaired) electrons. The molecular formula is C11H22N2O. The predicted molar refractivity (Wildman–Crippen MR) is 59.2 cm³/mol. The first-order valence-electron chi connectivity index (χ1n) is 5.44. The van der Waals surface area contributed by atoms with Crippen molar-refractivity contribution >= 4 is 0 Å².